The molecule has 4 aliphatic rings. The van der Waals surface area contributed by atoms with Gasteiger partial charge in [-0.2, -0.15) is 0 Å². The van der Waals surface area contributed by atoms with E-state index in [0.717, 1.165) is 30.0 Å². The van der Waals surface area contributed by atoms with Crippen LogP contribution in [0.15, 0.2) is 18.2 Å². The molecule has 124 valence electrons. The Morgan fingerprint density at radius 3 is 2.04 bits per heavy atom. The summed E-state index contributed by atoms with van der Waals surface area (Å²) >= 11 is 17.5. The molecule has 0 amide bonds. The van der Waals surface area contributed by atoms with Crippen molar-refractivity contribution in [1.29, 1.82) is 0 Å². The summed E-state index contributed by atoms with van der Waals surface area (Å²) in [7, 11) is 0. The summed E-state index contributed by atoms with van der Waals surface area (Å²) in [5.74, 6) is 2.91. The predicted octanol–water partition coefficient (Wildman–Crippen LogP) is 5.50. The lowest BCUT2D eigenvalue weighted by atomic mass is 9.49. The maximum Gasteiger partial charge on any atom is 0.170 e. The van der Waals surface area contributed by atoms with Gasteiger partial charge in [0.2, 0.25) is 0 Å². The highest BCUT2D eigenvalue weighted by Gasteiger charge is 2.50. The number of halogens is 2. The number of benzene rings is 1. The van der Waals surface area contributed by atoms with Crippen LogP contribution >= 0.6 is 35.4 Å². The van der Waals surface area contributed by atoms with Crippen molar-refractivity contribution in [3.05, 3.63) is 28.2 Å². The van der Waals surface area contributed by atoms with Crippen molar-refractivity contribution in [2.24, 2.45) is 23.2 Å². The number of thiocarbonyl (C=S) groups is 1. The first-order valence-electron chi connectivity index (χ1n) is 8.51. The molecule has 0 spiro atoms. The first kappa shape index (κ1) is 16.0. The quantitative estimate of drug-likeness (QED) is 0.689. The zero-order valence-electron chi connectivity index (χ0n) is 13.1. The monoisotopic (exact) mass is 368 g/mol. The molecule has 2 N–H and O–H groups in total. The lowest BCUT2D eigenvalue weighted by Crippen LogP contribution is -2.51. The van der Waals surface area contributed by atoms with Gasteiger partial charge in [0.25, 0.3) is 0 Å². The van der Waals surface area contributed by atoms with Crippen LogP contribution < -0.4 is 10.6 Å². The SMILES string of the molecule is S=C(NCC12CC3CC(CC(C3)C1)C2)Nc1cc(Cl)cc(Cl)c1. The fourth-order valence-electron chi connectivity index (χ4n) is 5.58. The maximum atomic E-state index is 6.03. The molecule has 23 heavy (non-hydrogen) atoms. The van der Waals surface area contributed by atoms with E-state index < -0.39 is 0 Å². The van der Waals surface area contributed by atoms with Gasteiger partial charge in [-0.25, -0.2) is 0 Å². The Balaban J connectivity index is 1.36. The average Bonchev–Trinajstić information content (AvgIpc) is 2.42. The van der Waals surface area contributed by atoms with Crippen molar-refractivity contribution >= 4 is 46.2 Å². The van der Waals surface area contributed by atoms with E-state index in [4.69, 9.17) is 35.4 Å². The molecule has 0 unspecified atom stereocenters. The van der Waals surface area contributed by atoms with Crippen LogP contribution in [-0.4, -0.2) is 11.7 Å². The van der Waals surface area contributed by atoms with Gasteiger partial charge >= 0.3 is 0 Å². The Labute approximate surface area is 153 Å². The van der Waals surface area contributed by atoms with Crippen molar-refractivity contribution < 1.29 is 0 Å². The van der Waals surface area contributed by atoms with Crippen molar-refractivity contribution in [1.82, 2.24) is 5.32 Å². The molecule has 0 aromatic heterocycles. The van der Waals surface area contributed by atoms with E-state index in [2.05, 4.69) is 10.6 Å². The minimum absolute atomic E-state index is 0.479. The first-order valence-corrected chi connectivity index (χ1v) is 9.67. The van der Waals surface area contributed by atoms with Gasteiger partial charge < -0.3 is 10.6 Å². The average molecular weight is 369 g/mol. The second-order valence-electron chi connectivity index (χ2n) is 7.88. The summed E-state index contributed by atoms with van der Waals surface area (Å²) < 4.78 is 0. The molecule has 4 saturated carbocycles. The van der Waals surface area contributed by atoms with Crippen LogP contribution in [-0.2, 0) is 0 Å². The Kier molecular flexibility index (Phi) is 4.23. The lowest BCUT2D eigenvalue weighted by Gasteiger charge is -2.57. The Morgan fingerprint density at radius 2 is 1.52 bits per heavy atom. The van der Waals surface area contributed by atoms with Gasteiger partial charge in [0.05, 0.1) is 0 Å². The molecule has 0 heterocycles. The fraction of sp³-hybridized carbons (Fsp3) is 0.611. The summed E-state index contributed by atoms with van der Waals surface area (Å²) in [5, 5.41) is 8.56. The summed E-state index contributed by atoms with van der Waals surface area (Å²) in [6, 6.07) is 5.40. The molecule has 4 fully saturated rings. The Morgan fingerprint density at radius 1 is 1.00 bits per heavy atom. The summed E-state index contributed by atoms with van der Waals surface area (Å²) in [6.45, 7) is 0.997. The zero-order chi connectivity index (χ0) is 16.0. The van der Waals surface area contributed by atoms with Gasteiger partial charge in [-0.1, -0.05) is 23.2 Å². The number of anilines is 1. The highest BCUT2D eigenvalue weighted by atomic mass is 35.5. The van der Waals surface area contributed by atoms with Gasteiger partial charge in [0.1, 0.15) is 0 Å². The summed E-state index contributed by atoms with van der Waals surface area (Å²) in [5.41, 5.74) is 1.32. The van der Waals surface area contributed by atoms with Crippen molar-refractivity contribution in [3.63, 3.8) is 0 Å². The second-order valence-corrected chi connectivity index (χ2v) is 9.16. The highest BCUT2D eigenvalue weighted by Crippen LogP contribution is 2.59. The zero-order valence-corrected chi connectivity index (χ0v) is 15.4. The number of rotatable bonds is 3. The van der Waals surface area contributed by atoms with Crippen molar-refractivity contribution in [2.75, 3.05) is 11.9 Å². The van der Waals surface area contributed by atoms with E-state index in [0.29, 0.717) is 20.6 Å². The van der Waals surface area contributed by atoms with E-state index in [1.54, 1.807) is 6.07 Å². The van der Waals surface area contributed by atoms with Gasteiger partial charge in [-0.15, -0.1) is 0 Å². The topological polar surface area (TPSA) is 24.1 Å². The molecule has 1 aromatic rings. The van der Waals surface area contributed by atoms with E-state index in [1.165, 1.54) is 38.5 Å². The van der Waals surface area contributed by atoms with Crippen molar-refractivity contribution in [2.45, 2.75) is 38.5 Å². The van der Waals surface area contributed by atoms with Crippen LogP contribution in [0.25, 0.3) is 0 Å². The van der Waals surface area contributed by atoms with Crippen LogP contribution in [0, 0.1) is 23.2 Å². The van der Waals surface area contributed by atoms with E-state index in [1.807, 2.05) is 12.1 Å². The molecule has 4 aliphatic carbocycles. The molecule has 5 heteroatoms. The van der Waals surface area contributed by atoms with Gasteiger partial charge in [0, 0.05) is 22.3 Å². The molecule has 0 radical (unpaired) electrons. The molecule has 5 rings (SSSR count). The van der Waals surface area contributed by atoms with Gasteiger partial charge in [0.15, 0.2) is 5.11 Å². The normalized spacial score (nSPS) is 34.4. The Hall–Kier alpha value is -0.510. The predicted molar refractivity (Wildman–Crippen MR) is 101 cm³/mol. The second kappa shape index (κ2) is 6.09. The molecule has 4 bridgehead atoms. The third-order valence-electron chi connectivity index (χ3n) is 5.91. The van der Waals surface area contributed by atoms with Crippen LogP contribution in [0.3, 0.4) is 0 Å². The molecule has 2 nitrogen and oxygen atoms in total. The summed E-state index contributed by atoms with van der Waals surface area (Å²) in [4.78, 5) is 0. The molecule has 0 aliphatic heterocycles. The van der Waals surface area contributed by atoms with Gasteiger partial charge in [-0.05, 0) is 92.1 Å². The third-order valence-corrected chi connectivity index (χ3v) is 6.59. The standard InChI is InChI=1S/C18H22Cl2N2S/c19-14-4-15(20)6-16(5-14)22-17(23)21-10-18-7-11-1-12(8-18)3-13(2-11)9-18/h4-6,11-13H,1-3,7-10H2,(H2,21,22,23). The van der Waals surface area contributed by atoms with Crippen LogP contribution in [0.1, 0.15) is 38.5 Å². The smallest absolute Gasteiger partial charge is 0.170 e. The Bertz CT molecular complexity index is 576. The van der Waals surface area contributed by atoms with E-state index >= 15 is 0 Å². The van der Waals surface area contributed by atoms with E-state index in [-0.39, 0.29) is 0 Å². The largest absolute Gasteiger partial charge is 0.362 e. The molecule has 0 atom stereocenters. The van der Waals surface area contributed by atoms with Crippen LogP contribution in [0.4, 0.5) is 5.69 Å². The minimum atomic E-state index is 0.479. The molecular formula is C18H22Cl2N2S. The lowest BCUT2D eigenvalue weighted by molar-refractivity contribution is -0.0490. The van der Waals surface area contributed by atoms with Crippen LogP contribution in [0.5, 0.6) is 0 Å². The van der Waals surface area contributed by atoms with Gasteiger partial charge in [-0.3, -0.25) is 0 Å². The minimum Gasteiger partial charge on any atom is -0.362 e. The summed E-state index contributed by atoms with van der Waals surface area (Å²) in [6.07, 6.45) is 8.59. The third kappa shape index (κ3) is 3.47. The van der Waals surface area contributed by atoms with Crippen molar-refractivity contribution in [3.8, 4) is 0 Å². The fourth-order valence-corrected chi connectivity index (χ4v) is 6.29. The number of nitrogens with one attached hydrogen (secondary N) is 2. The molecule has 0 saturated heterocycles. The highest BCUT2D eigenvalue weighted by molar-refractivity contribution is 7.80. The van der Waals surface area contributed by atoms with Crippen LogP contribution in [0.2, 0.25) is 10.0 Å². The molecule has 1 aromatic carbocycles. The number of hydrogen-bond donors (Lipinski definition) is 2. The molecular weight excluding hydrogens is 347 g/mol. The first-order chi connectivity index (χ1) is 11.0. The maximum absolute atomic E-state index is 6.03. The van der Waals surface area contributed by atoms with E-state index in [9.17, 15) is 0 Å². The number of hydrogen-bond acceptors (Lipinski definition) is 1.